The number of amides is 1. The van der Waals surface area contributed by atoms with Gasteiger partial charge in [0.1, 0.15) is 0 Å². The Bertz CT molecular complexity index is 823. The van der Waals surface area contributed by atoms with Crippen LogP contribution in [0, 0.1) is 5.92 Å². The average Bonchev–Trinajstić information content (AvgIpc) is 3.07. The largest absolute Gasteiger partial charge is 0.454 e. The highest BCUT2D eigenvalue weighted by Gasteiger charge is 2.19. The molecule has 1 aliphatic rings. The van der Waals surface area contributed by atoms with Crippen molar-refractivity contribution in [1.29, 1.82) is 0 Å². The highest BCUT2D eigenvalue weighted by molar-refractivity contribution is 6.35. The standard InChI is InChI=1S/C21H23Cl2NO3/c1-14(2)9-21(25)24(8-7-16-4-5-17(22)11-18(16)23)12-15-3-6-19-20(10-15)27-13-26-19/h3-6,10-11,14H,7-9,12-13H2,1-2H3. The summed E-state index contributed by atoms with van der Waals surface area (Å²) in [5.74, 6) is 1.90. The average molecular weight is 408 g/mol. The first kappa shape index (κ1) is 19.8. The number of carbonyl (C=O) groups is 1. The first-order valence-electron chi connectivity index (χ1n) is 9.02. The van der Waals surface area contributed by atoms with E-state index in [9.17, 15) is 4.79 Å². The highest BCUT2D eigenvalue weighted by atomic mass is 35.5. The molecular weight excluding hydrogens is 385 g/mol. The van der Waals surface area contributed by atoms with Gasteiger partial charge in [-0.25, -0.2) is 0 Å². The number of halogens is 2. The fraction of sp³-hybridized carbons (Fsp3) is 0.381. The van der Waals surface area contributed by atoms with Crippen LogP contribution in [0.2, 0.25) is 10.0 Å². The minimum absolute atomic E-state index is 0.132. The van der Waals surface area contributed by atoms with E-state index in [1.165, 1.54) is 0 Å². The number of ether oxygens (including phenoxy) is 2. The molecule has 0 fully saturated rings. The monoisotopic (exact) mass is 407 g/mol. The number of hydrogen-bond acceptors (Lipinski definition) is 3. The van der Waals surface area contributed by atoms with Crippen LogP contribution in [-0.4, -0.2) is 24.1 Å². The number of fused-ring (bicyclic) bond motifs is 1. The summed E-state index contributed by atoms with van der Waals surface area (Å²) in [6.45, 7) is 5.44. The molecule has 0 bridgehead atoms. The minimum Gasteiger partial charge on any atom is -0.454 e. The molecule has 1 amide bonds. The first-order chi connectivity index (χ1) is 12.9. The van der Waals surface area contributed by atoms with Crippen molar-refractivity contribution in [2.75, 3.05) is 13.3 Å². The summed E-state index contributed by atoms with van der Waals surface area (Å²) in [5, 5.41) is 1.23. The molecule has 0 unspecified atom stereocenters. The van der Waals surface area contributed by atoms with Crippen LogP contribution in [0.25, 0.3) is 0 Å². The van der Waals surface area contributed by atoms with Gasteiger partial charge in [-0.1, -0.05) is 49.2 Å². The zero-order valence-electron chi connectivity index (χ0n) is 15.5. The van der Waals surface area contributed by atoms with Crippen molar-refractivity contribution >= 4 is 29.1 Å². The maximum atomic E-state index is 12.8. The van der Waals surface area contributed by atoms with Crippen LogP contribution in [0.3, 0.4) is 0 Å². The predicted molar refractivity (Wildman–Crippen MR) is 108 cm³/mol. The molecule has 0 saturated carbocycles. The highest BCUT2D eigenvalue weighted by Crippen LogP contribution is 2.33. The molecule has 1 heterocycles. The van der Waals surface area contributed by atoms with E-state index in [0.29, 0.717) is 41.9 Å². The normalized spacial score (nSPS) is 12.5. The molecule has 0 N–H and O–H groups in total. The molecule has 1 aliphatic heterocycles. The third-order valence-corrected chi connectivity index (χ3v) is 5.00. The zero-order valence-corrected chi connectivity index (χ0v) is 17.0. The van der Waals surface area contributed by atoms with Gasteiger partial charge in [-0.15, -0.1) is 0 Å². The molecular formula is C21H23Cl2NO3. The van der Waals surface area contributed by atoms with Crippen molar-refractivity contribution in [2.45, 2.75) is 33.2 Å². The Balaban J connectivity index is 1.73. The summed E-state index contributed by atoms with van der Waals surface area (Å²) < 4.78 is 10.8. The maximum absolute atomic E-state index is 12.8. The number of rotatable bonds is 7. The summed E-state index contributed by atoms with van der Waals surface area (Å²) >= 11 is 12.3. The van der Waals surface area contributed by atoms with Crippen molar-refractivity contribution in [3.8, 4) is 11.5 Å². The van der Waals surface area contributed by atoms with Crippen molar-refractivity contribution in [3.63, 3.8) is 0 Å². The van der Waals surface area contributed by atoms with Crippen LogP contribution in [0.1, 0.15) is 31.4 Å². The van der Waals surface area contributed by atoms with E-state index in [2.05, 4.69) is 0 Å². The number of benzene rings is 2. The lowest BCUT2D eigenvalue weighted by atomic mass is 10.1. The maximum Gasteiger partial charge on any atom is 0.231 e. The SMILES string of the molecule is CC(C)CC(=O)N(CCc1ccc(Cl)cc1Cl)Cc1ccc2c(c1)OCO2. The van der Waals surface area contributed by atoms with E-state index in [0.717, 1.165) is 22.6 Å². The summed E-state index contributed by atoms with van der Waals surface area (Å²) in [7, 11) is 0. The van der Waals surface area contributed by atoms with Gasteiger partial charge in [-0.2, -0.15) is 0 Å². The van der Waals surface area contributed by atoms with E-state index < -0.39 is 0 Å². The number of hydrogen-bond donors (Lipinski definition) is 0. The van der Waals surface area contributed by atoms with E-state index in [1.807, 2.05) is 49.1 Å². The fourth-order valence-electron chi connectivity index (χ4n) is 3.01. The molecule has 4 nitrogen and oxygen atoms in total. The summed E-state index contributed by atoms with van der Waals surface area (Å²) in [6, 6.07) is 11.3. The Labute approximate surface area is 170 Å². The van der Waals surface area contributed by atoms with Gasteiger partial charge < -0.3 is 14.4 Å². The van der Waals surface area contributed by atoms with Crippen LogP contribution in [0.15, 0.2) is 36.4 Å². The third-order valence-electron chi connectivity index (χ3n) is 4.41. The molecule has 0 spiro atoms. The Kier molecular flexibility index (Phi) is 6.51. The molecule has 3 rings (SSSR count). The van der Waals surface area contributed by atoms with Gasteiger partial charge >= 0.3 is 0 Å². The van der Waals surface area contributed by atoms with E-state index in [4.69, 9.17) is 32.7 Å². The predicted octanol–water partition coefficient (Wildman–Crippen LogP) is 5.34. The van der Waals surface area contributed by atoms with Crippen molar-refractivity contribution < 1.29 is 14.3 Å². The summed E-state index contributed by atoms with van der Waals surface area (Å²) in [4.78, 5) is 14.6. The smallest absolute Gasteiger partial charge is 0.231 e. The minimum atomic E-state index is 0.132. The number of carbonyl (C=O) groups excluding carboxylic acids is 1. The van der Waals surface area contributed by atoms with Crippen LogP contribution < -0.4 is 9.47 Å². The Morgan fingerprint density at radius 1 is 1.11 bits per heavy atom. The topological polar surface area (TPSA) is 38.8 Å². The Morgan fingerprint density at radius 2 is 1.89 bits per heavy atom. The molecule has 27 heavy (non-hydrogen) atoms. The molecule has 144 valence electrons. The fourth-order valence-corrected chi connectivity index (χ4v) is 3.51. The van der Waals surface area contributed by atoms with Crippen LogP contribution in [0.5, 0.6) is 11.5 Å². The molecule has 6 heteroatoms. The van der Waals surface area contributed by atoms with E-state index in [-0.39, 0.29) is 12.7 Å². The van der Waals surface area contributed by atoms with Crippen LogP contribution in [-0.2, 0) is 17.8 Å². The van der Waals surface area contributed by atoms with Crippen molar-refractivity contribution in [2.24, 2.45) is 5.92 Å². The lowest BCUT2D eigenvalue weighted by Gasteiger charge is -2.24. The summed E-state index contributed by atoms with van der Waals surface area (Å²) in [5.41, 5.74) is 1.99. The lowest BCUT2D eigenvalue weighted by Crippen LogP contribution is -2.33. The Hall–Kier alpha value is -1.91. The van der Waals surface area contributed by atoms with Gasteiger partial charge in [-0.3, -0.25) is 4.79 Å². The molecule has 0 saturated heterocycles. The van der Waals surface area contributed by atoms with Crippen molar-refractivity contribution in [3.05, 3.63) is 57.6 Å². The summed E-state index contributed by atoms with van der Waals surface area (Å²) in [6.07, 6.45) is 1.18. The van der Waals surface area contributed by atoms with Gasteiger partial charge in [0.2, 0.25) is 12.7 Å². The molecule has 0 aliphatic carbocycles. The molecule has 2 aromatic carbocycles. The van der Waals surface area contributed by atoms with Gasteiger partial charge in [-0.05, 0) is 47.7 Å². The van der Waals surface area contributed by atoms with Crippen LogP contribution >= 0.6 is 23.2 Å². The van der Waals surface area contributed by atoms with Crippen LogP contribution in [0.4, 0.5) is 0 Å². The second-order valence-electron chi connectivity index (χ2n) is 7.09. The quantitative estimate of drug-likeness (QED) is 0.621. The molecule has 0 atom stereocenters. The first-order valence-corrected chi connectivity index (χ1v) is 9.78. The van der Waals surface area contributed by atoms with Gasteiger partial charge in [0.05, 0.1) is 0 Å². The second kappa shape index (κ2) is 8.85. The molecule has 0 radical (unpaired) electrons. The molecule has 2 aromatic rings. The van der Waals surface area contributed by atoms with Crippen molar-refractivity contribution in [1.82, 2.24) is 4.90 Å². The van der Waals surface area contributed by atoms with E-state index >= 15 is 0 Å². The van der Waals surface area contributed by atoms with E-state index in [1.54, 1.807) is 6.07 Å². The second-order valence-corrected chi connectivity index (χ2v) is 7.93. The number of nitrogens with zero attached hydrogens (tertiary/aromatic N) is 1. The van der Waals surface area contributed by atoms with Gasteiger partial charge in [0.15, 0.2) is 11.5 Å². The third kappa shape index (κ3) is 5.30. The van der Waals surface area contributed by atoms with Gasteiger partial charge in [0, 0.05) is 29.6 Å². The Morgan fingerprint density at radius 3 is 2.63 bits per heavy atom. The molecule has 0 aromatic heterocycles. The van der Waals surface area contributed by atoms with Gasteiger partial charge in [0.25, 0.3) is 0 Å². The zero-order chi connectivity index (χ0) is 19.4. The lowest BCUT2D eigenvalue weighted by molar-refractivity contribution is -0.132.